The van der Waals surface area contributed by atoms with Gasteiger partial charge in [0, 0.05) is 6.07 Å². The van der Waals surface area contributed by atoms with E-state index in [4.69, 9.17) is 4.74 Å². The molecule has 6 nitrogen and oxygen atoms in total. The van der Waals surface area contributed by atoms with Crippen molar-refractivity contribution in [1.29, 1.82) is 0 Å². The van der Waals surface area contributed by atoms with Crippen LogP contribution in [0.5, 0.6) is 5.75 Å². The molecular weight excluding hydrogens is 282 g/mol. The maximum atomic E-state index is 12.2. The number of carbonyl (C=O) groups is 1. The van der Waals surface area contributed by atoms with E-state index in [2.05, 4.69) is 15.3 Å². The molecule has 0 saturated heterocycles. The minimum atomic E-state index is -0.224. The zero-order valence-corrected chi connectivity index (χ0v) is 12.3. The summed E-state index contributed by atoms with van der Waals surface area (Å²) in [6.07, 6.45) is 0.657. The molecule has 0 bridgehead atoms. The van der Waals surface area contributed by atoms with E-state index in [1.807, 2.05) is 24.3 Å². The Morgan fingerprint density at radius 1 is 1.45 bits per heavy atom. The van der Waals surface area contributed by atoms with Crippen molar-refractivity contribution in [3.05, 3.63) is 57.8 Å². The topological polar surface area (TPSA) is 84.1 Å². The Hall–Kier alpha value is -2.63. The van der Waals surface area contributed by atoms with Gasteiger partial charge in [-0.05, 0) is 25.0 Å². The van der Waals surface area contributed by atoms with Crippen LogP contribution in [0.1, 0.15) is 17.1 Å². The van der Waals surface area contributed by atoms with Gasteiger partial charge in [0.2, 0.25) is 5.91 Å². The summed E-state index contributed by atoms with van der Waals surface area (Å²) in [6, 6.07) is 9.12. The number of H-pyrrole nitrogens is 1. The lowest BCUT2D eigenvalue weighted by Crippen LogP contribution is -2.37. The van der Waals surface area contributed by atoms with Crippen molar-refractivity contribution in [2.45, 2.75) is 19.9 Å². The average molecular weight is 299 g/mol. The van der Waals surface area contributed by atoms with Crippen LogP contribution >= 0.6 is 0 Å². The number of para-hydroxylation sites is 1. The molecule has 114 valence electrons. The maximum Gasteiger partial charge on any atom is 0.251 e. The van der Waals surface area contributed by atoms with E-state index in [1.165, 1.54) is 6.07 Å². The number of nitrogens with zero attached hydrogens (tertiary/aromatic N) is 1. The second kappa shape index (κ2) is 6.01. The normalized spacial score (nSPS) is 16.5. The van der Waals surface area contributed by atoms with Gasteiger partial charge in [-0.15, -0.1) is 0 Å². The van der Waals surface area contributed by atoms with Crippen LogP contribution in [0.15, 0.2) is 35.1 Å². The number of fused-ring (bicyclic) bond motifs is 1. The van der Waals surface area contributed by atoms with Crippen LogP contribution in [0.2, 0.25) is 0 Å². The fourth-order valence-corrected chi connectivity index (χ4v) is 2.55. The number of amides is 1. The van der Waals surface area contributed by atoms with Crippen molar-refractivity contribution in [2.75, 3.05) is 6.61 Å². The standard InChI is InChI=1S/C16H17N3O3/c1-10-18-13(7-15(20)19-10)8-17-16(21)12-6-11-4-2-3-5-14(11)22-9-12/h2-5,7,12H,6,8-9H2,1H3,(H,17,21)(H,18,19,20). The Bertz CT molecular complexity index is 754. The summed E-state index contributed by atoms with van der Waals surface area (Å²) in [7, 11) is 0. The van der Waals surface area contributed by atoms with E-state index in [0.717, 1.165) is 11.3 Å². The molecule has 1 amide bonds. The van der Waals surface area contributed by atoms with Gasteiger partial charge in [0.1, 0.15) is 18.2 Å². The third-order valence-corrected chi connectivity index (χ3v) is 3.61. The van der Waals surface area contributed by atoms with Crippen LogP contribution < -0.4 is 15.6 Å². The molecule has 0 saturated carbocycles. The van der Waals surface area contributed by atoms with Crippen LogP contribution in [0, 0.1) is 12.8 Å². The molecule has 2 heterocycles. The number of ether oxygens (including phenoxy) is 1. The highest BCUT2D eigenvalue weighted by Gasteiger charge is 2.25. The first-order chi connectivity index (χ1) is 10.6. The molecule has 1 aromatic carbocycles. The van der Waals surface area contributed by atoms with Crippen molar-refractivity contribution in [3.63, 3.8) is 0 Å². The lowest BCUT2D eigenvalue weighted by atomic mass is 9.96. The fraction of sp³-hybridized carbons (Fsp3) is 0.312. The summed E-state index contributed by atoms with van der Waals surface area (Å²) >= 11 is 0. The van der Waals surface area contributed by atoms with Crippen molar-refractivity contribution in [1.82, 2.24) is 15.3 Å². The fourth-order valence-electron chi connectivity index (χ4n) is 2.55. The molecule has 1 aromatic heterocycles. The smallest absolute Gasteiger partial charge is 0.251 e. The van der Waals surface area contributed by atoms with Gasteiger partial charge in [-0.2, -0.15) is 0 Å². The number of aryl methyl sites for hydroxylation is 1. The second-order valence-electron chi connectivity index (χ2n) is 5.36. The summed E-state index contributed by atoms with van der Waals surface area (Å²) in [5, 5.41) is 2.82. The molecule has 3 rings (SSSR count). The first kappa shape index (κ1) is 14.3. The van der Waals surface area contributed by atoms with Crippen LogP contribution in [-0.2, 0) is 17.8 Å². The largest absolute Gasteiger partial charge is 0.492 e. The molecule has 1 aliphatic rings. The lowest BCUT2D eigenvalue weighted by Gasteiger charge is -2.24. The summed E-state index contributed by atoms with van der Waals surface area (Å²) in [5.41, 5.74) is 1.37. The van der Waals surface area contributed by atoms with Gasteiger partial charge < -0.3 is 15.0 Å². The van der Waals surface area contributed by atoms with Crippen molar-refractivity contribution in [3.8, 4) is 5.75 Å². The Balaban J connectivity index is 1.62. The first-order valence-electron chi connectivity index (χ1n) is 7.17. The summed E-state index contributed by atoms with van der Waals surface area (Å²) in [4.78, 5) is 30.4. The number of hydrogen-bond donors (Lipinski definition) is 2. The Kier molecular flexibility index (Phi) is 3.91. The molecule has 1 aliphatic heterocycles. The van der Waals surface area contributed by atoms with Gasteiger partial charge in [0.05, 0.1) is 18.2 Å². The van der Waals surface area contributed by atoms with Crippen LogP contribution in [-0.4, -0.2) is 22.5 Å². The summed E-state index contributed by atoms with van der Waals surface area (Å²) in [6.45, 7) is 2.31. The second-order valence-corrected chi connectivity index (χ2v) is 5.36. The number of carbonyl (C=O) groups excluding carboxylic acids is 1. The molecule has 0 spiro atoms. The highest BCUT2D eigenvalue weighted by molar-refractivity contribution is 5.79. The van der Waals surface area contributed by atoms with E-state index in [0.29, 0.717) is 24.5 Å². The average Bonchev–Trinajstić information content (AvgIpc) is 2.51. The number of nitrogens with one attached hydrogen (secondary N) is 2. The monoisotopic (exact) mass is 299 g/mol. The quantitative estimate of drug-likeness (QED) is 0.883. The van der Waals surface area contributed by atoms with Crippen molar-refractivity contribution < 1.29 is 9.53 Å². The molecule has 2 aromatic rings. The van der Waals surface area contributed by atoms with Gasteiger partial charge in [0.15, 0.2) is 0 Å². The van der Waals surface area contributed by atoms with E-state index in [-0.39, 0.29) is 23.9 Å². The Morgan fingerprint density at radius 3 is 3.09 bits per heavy atom. The van der Waals surface area contributed by atoms with E-state index in [9.17, 15) is 9.59 Å². The third kappa shape index (κ3) is 3.16. The lowest BCUT2D eigenvalue weighted by molar-refractivity contribution is -0.126. The van der Waals surface area contributed by atoms with Gasteiger partial charge in [-0.25, -0.2) is 4.98 Å². The maximum absolute atomic E-state index is 12.2. The minimum Gasteiger partial charge on any atom is -0.492 e. The predicted molar refractivity (Wildman–Crippen MR) is 80.6 cm³/mol. The predicted octanol–water partition coefficient (Wildman–Crippen LogP) is 0.946. The Labute approximate surface area is 127 Å². The third-order valence-electron chi connectivity index (χ3n) is 3.61. The van der Waals surface area contributed by atoms with Gasteiger partial charge in [-0.3, -0.25) is 9.59 Å². The van der Waals surface area contributed by atoms with E-state index in [1.54, 1.807) is 6.92 Å². The highest BCUT2D eigenvalue weighted by atomic mass is 16.5. The van der Waals surface area contributed by atoms with Gasteiger partial charge in [-0.1, -0.05) is 18.2 Å². The number of hydrogen-bond acceptors (Lipinski definition) is 4. The molecule has 0 fully saturated rings. The molecule has 2 N–H and O–H groups in total. The number of rotatable bonds is 3. The molecule has 6 heteroatoms. The molecule has 1 unspecified atom stereocenters. The van der Waals surface area contributed by atoms with Crippen LogP contribution in [0.4, 0.5) is 0 Å². The van der Waals surface area contributed by atoms with Crippen LogP contribution in [0.25, 0.3) is 0 Å². The van der Waals surface area contributed by atoms with E-state index >= 15 is 0 Å². The molecular formula is C16H17N3O3. The zero-order valence-electron chi connectivity index (χ0n) is 12.3. The number of benzene rings is 1. The first-order valence-corrected chi connectivity index (χ1v) is 7.17. The highest BCUT2D eigenvalue weighted by Crippen LogP contribution is 2.26. The molecule has 0 aliphatic carbocycles. The van der Waals surface area contributed by atoms with E-state index < -0.39 is 0 Å². The molecule has 1 atom stereocenters. The minimum absolute atomic E-state index is 0.0887. The number of aromatic amines is 1. The summed E-state index contributed by atoms with van der Waals surface area (Å²) in [5.74, 6) is 1.07. The van der Waals surface area contributed by atoms with Gasteiger partial charge >= 0.3 is 0 Å². The van der Waals surface area contributed by atoms with Crippen molar-refractivity contribution in [2.24, 2.45) is 5.92 Å². The molecule has 0 radical (unpaired) electrons. The van der Waals surface area contributed by atoms with Crippen LogP contribution in [0.3, 0.4) is 0 Å². The van der Waals surface area contributed by atoms with Crippen molar-refractivity contribution >= 4 is 5.91 Å². The van der Waals surface area contributed by atoms with Gasteiger partial charge in [0.25, 0.3) is 5.56 Å². The summed E-state index contributed by atoms with van der Waals surface area (Å²) < 4.78 is 5.62. The number of aromatic nitrogens is 2. The zero-order chi connectivity index (χ0) is 15.5. The molecule has 22 heavy (non-hydrogen) atoms. The Morgan fingerprint density at radius 2 is 2.27 bits per heavy atom. The SMILES string of the molecule is Cc1nc(CNC(=O)C2COc3ccccc3C2)cc(=O)[nH]1.